The molecule has 0 saturated carbocycles. The summed E-state index contributed by atoms with van der Waals surface area (Å²) in [4.78, 5) is 15.9. The van der Waals surface area contributed by atoms with Crippen LogP contribution in [-0.2, 0) is 0 Å². The fraction of sp³-hybridized carbons (Fsp3) is 0.0588. The van der Waals surface area contributed by atoms with Crippen molar-refractivity contribution in [1.29, 1.82) is 0 Å². The predicted octanol–water partition coefficient (Wildman–Crippen LogP) is 4.76. The van der Waals surface area contributed by atoms with Crippen LogP contribution in [0.25, 0.3) is 22.0 Å². The fourth-order valence-electron chi connectivity index (χ4n) is 2.31. The van der Waals surface area contributed by atoms with Crippen LogP contribution >= 0.6 is 11.6 Å². The molecular formula is C17H12ClNO. The normalized spacial score (nSPS) is 10.7. The Bertz CT molecular complexity index is 806. The molecule has 2 aromatic carbocycles. The third-order valence-electron chi connectivity index (χ3n) is 3.29. The maximum absolute atomic E-state index is 11.4. The molecule has 2 nitrogen and oxygen atoms in total. The number of carbonyl (C=O) groups is 1. The Morgan fingerprint density at radius 1 is 1.10 bits per heavy atom. The molecule has 0 aliphatic carbocycles. The van der Waals surface area contributed by atoms with E-state index in [-0.39, 0.29) is 5.78 Å². The Morgan fingerprint density at radius 2 is 1.90 bits per heavy atom. The second-order valence-corrected chi connectivity index (χ2v) is 5.04. The van der Waals surface area contributed by atoms with Crippen LogP contribution in [0.15, 0.2) is 54.7 Å². The molecule has 0 fully saturated rings. The van der Waals surface area contributed by atoms with Gasteiger partial charge in [-0.3, -0.25) is 9.78 Å². The van der Waals surface area contributed by atoms with Gasteiger partial charge in [0.15, 0.2) is 5.78 Å². The highest BCUT2D eigenvalue weighted by Crippen LogP contribution is 2.30. The van der Waals surface area contributed by atoms with E-state index in [1.54, 1.807) is 12.3 Å². The number of rotatable bonds is 2. The largest absolute Gasteiger partial charge is 0.294 e. The molecule has 0 unspecified atom stereocenters. The summed E-state index contributed by atoms with van der Waals surface area (Å²) in [6.45, 7) is 1.51. The van der Waals surface area contributed by atoms with Gasteiger partial charge < -0.3 is 0 Å². The van der Waals surface area contributed by atoms with E-state index in [0.29, 0.717) is 10.6 Å². The summed E-state index contributed by atoms with van der Waals surface area (Å²) in [7, 11) is 0. The molecule has 3 aromatic rings. The third-order valence-corrected chi connectivity index (χ3v) is 3.60. The first kappa shape index (κ1) is 12.8. The summed E-state index contributed by atoms with van der Waals surface area (Å²) in [6, 6.07) is 15.5. The summed E-state index contributed by atoms with van der Waals surface area (Å²) in [5.74, 6) is -0.0300. The van der Waals surface area contributed by atoms with Crippen LogP contribution < -0.4 is 0 Å². The maximum Gasteiger partial charge on any atom is 0.161 e. The van der Waals surface area contributed by atoms with Crippen molar-refractivity contribution in [2.45, 2.75) is 6.92 Å². The van der Waals surface area contributed by atoms with Gasteiger partial charge in [0.2, 0.25) is 0 Å². The average Bonchev–Trinajstić information content (AvgIpc) is 2.46. The van der Waals surface area contributed by atoms with Crippen LogP contribution in [0.2, 0.25) is 5.02 Å². The molecule has 0 atom stereocenters. The van der Waals surface area contributed by atoms with Crippen molar-refractivity contribution in [3.63, 3.8) is 0 Å². The van der Waals surface area contributed by atoms with Crippen LogP contribution in [0.5, 0.6) is 0 Å². The zero-order valence-corrected chi connectivity index (χ0v) is 11.7. The molecule has 3 heteroatoms. The molecule has 1 heterocycles. The Morgan fingerprint density at radius 3 is 2.65 bits per heavy atom. The summed E-state index contributed by atoms with van der Waals surface area (Å²) >= 11 is 6.18. The molecule has 20 heavy (non-hydrogen) atoms. The number of pyridine rings is 1. The molecule has 98 valence electrons. The molecule has 0 aliphatic rings. The van der Waals surface area contributed by atoms with Crippen molar-refractivity contribution < 1.29 is 4.79 Å². The van der Waals surface area contributed by atoms with Crippen molar-refractivity contribution >= 4 is 28.3 Å². The highest BCUT2D eigenvalue weighted by Gasteiger charge is 2.09. The Kier molecular flexibility index (Phi) is 3.25. The van der Waals surface area contributed by atoms with E-state index in [4.69, 9.17) is 11.6 Å². The molecule has 1 aromatic heterocycles. The van der Waals surface area contributed by atoms with Gasteiger partial charge in [-0.2, -0.15) is 0 Å². The first-order chi connectivity index (χ1) is 9.66. The number of aromatic nitrogens is 1. The van der Waals surface area contributed by atoms with Crippen molar-refractivity contribution in [2.75, 3.05) is 0 Å². The molecular weight excluding hydrogens is 270 g/mol. The lowest BCUT2D eigenvalue weighted by atomic mass is 10.00. The zero-order valence-electron chi connectivity index (χ0n) is 10.9. The number of carbonyl (C=O) groups excluding carboxylic acids is 1. The fourth-order valence-corrected chi connectivity index (χ4v) is 2.62. The Balaban J connectivity index is 2.21. The van der Waals surface area contributed by atoms with Crippen LogP contribution in [0.3, 0.4) is 0 Å². The number of nitrogens with zero attached hydrogens (tertiary/aromatic N) is 1. The quantitative estimate of drug-likeness (QED) is 0.634. The van der Waals surface area contributed by atoms with E-state index in [2.05, 4.69) is 4.98 Å². The number of hydrogen-bond acceptors (Lipinski definition) is 2. The first-order valence-corrected chi connectivity index (χ1v) is 6.69. The molecule has 3 rings (SSSR count). The van der Waals surface area contributed by atoms with E-state index >= 15 is 0 Å². The van der Waals surface area contributed by atoms with E-state index in [1.165, 1.54) is 6.92 Å². The van der Waals surface area contributed by atoms with Crippen molar-refractivity contribution in [3.8, 4) is 11.1 Å². The van der Waals surface area contributed by atoms with Gasteiger partial charge >= 0.3 is 0 Å². The monoisotopic (exact) mass is 281 g/mol. The predicted molar refractivity (Wildman–Crippen MR) is 82.2 cm³/mol. The summed E-state index contributed by atoms with van der Waals surface area (Å²) < 4.78 is 0. The second-order valence-electron chi connectivity index (χ2n) is 4.63. The maximum atomic E-state index is 11.4. The summed E-state index contributed by atoms with van der Waals surface area (Å²) in [5.41, 5.74) is 3.45. The molecule has 0 amide bonds. The van der Waals surface area contributed by atoms with Gasteiger partial charge in [0.05, 0.1) is 10.5 Å². The smallest absolute Gasteiger partial charge is 0.161 e. The lowest BCUT2D eigenvalue weighted by Gasteiger charge is -2.08. The number of halogens is 1. The molecule has 0 N–H and O–H groups in total. The highest BCUT2D eigenvalue weighted by atomic mass is 35.5. The number of ketones is 1. The van der Waals surface area contributed by atoms with E-state index < -0.39 is 0 Å². The molecule has 0 spiro atoms. The minimum absolute atomic E-state index is 0.0300. The standard InChI is InChI=1S/C17H12ClNO/c1-11(20)14-8-7-13(10-16(14)18)15-6-2-4-12-5-3-9-19-17(12)15/h2-10H,1H3. The number of para-hydroxylation sites is 1. The number of fused-ring (bicyclic) bond motifs is 1. The first-order valence-electron chi connectivity index (χ1n) is 6.31. The van der Waals surface area contributed by atoms with E-state index in [0.717, 1.165) is 22.0 Å². The molecule has 0 aliphatic heterocycles. The number of Topliss-reactive ketones (excluding diaryl/α,β-unsaturated/α-hetero) is 1. The number of benzene rings is 2. The average molecular weight is 282 g/mol. The van der Waals surface area contributed by atoms with Gasteiger partial charge in [-0.25, -0.2) is 0 Å². The topological polar surface area (TPSA) is 30.0 Å². The van der Waals surface area contributed by atoms with Crippen molar-refractivity contribution in [3.05, 3.63) is 65.3 Å². The summed E-state index contributed by atoms with van der Waals surface area (Å²) in [6.07, 6.45) is 1.78. The minimum Gasteiger partial charge on any atom is -0.294 e. The lowest BCUT2D eigenvalue weighted by Crippen LogP contribution is -1.93. The van der Waals surface area contributed by atoms with Gasteiger partial charge in [0.1, 0.15) is 0 Å². The SMILES string of the molecule is CC(=O)c1ccc(-c2cccc3cccnc23)cc1Cl. The van der Waals surface area contributed by atoms with Gasteiger partial charge in [0.25, 0.3) is 0 Å². The minimum atomic E-state index is -0.0300. The van der Waals surface area contributed by atoms with E-state index in [1.807, 2.05) is 42.5 Å². The van der Waals surface area contributed by atoms with Crippen molar-refractivity contribution in [2.24, 2.45) is 0 Å². The van der Waals surface area contributed by atoms with Crippen LogP contribution in [0.1, 0.15) is 17.3 Å². The Labute approximate surface area is 122 Å². The zero-order chi connectivity index (χ0) is 14.1. The Hall–Kier alpha value is -2.19. The molecule has 0 bridgehead atoms. The second kappa shape index (κ2) is 5.06. The van der Waals surface area contributed by atoms with Gasteiger partial charge in [-0.15, -0.1) is 0 Å². The van der Waals surface area contributed by atoms with Gasteiger partial charge in [-0.05, 0) is 30.7 Å². The van der Waals surface area contributed by atoms with Gasteiger partial charge in [-0.1, -0.05) is 41.9 Å². The summed E-state index contributed by atoms with van der Waals surface area (Å²) in [5, 5.41) is 1.56. The number of hydrogen-bond donors (Lipinski definition) is 0. The van der Waals surface area contributed by atoms with Crippen molar-refractivity contribution in [1.82, 2.24) is 4.98 Å². The molecule has 0 radical (unpaired) electrons. The highest BCUT2D eigenvalue weighted by molar-refractivity contribution is 6.34. The van der Waals surface area contributed by atoms with Crippen LogP contribution in [-0.4, -0.2) is 10.8 Å². The molecule has 0 saturated heterocycles. The van der Waals surface area contributed by atoms with Crippen LogP contribution in [0, 0.1) is 0 Å². The van der Waals surface area contributed by atoms with Crippen LogP contribution in [0.4, 0.5) is 0 Å². The lowest BCUT2D eigenvalue weighted by molar-refractivity contribution is 0.101. The third kappa shape index (κ3) is 2.19. The van der Waals surface area contributed by atoms with Gasteiger partial charge in [0, 0.05) is 22.7 Å². The van der Waals surface area contributed by atoms with E-state index in [9.17, 15) is 4.79 Å².